The Kier molecular flexibility index (Phi) is 2.84. The molecule has 0 aromatic heterocycles. The van der Waals surface area contributed by atoms with Crippen LogP contribution in [0.5, 0.6) is 11.5 Å². The summed E-state index contributed by atoms with van der Waals surface area (Å²) in [5.41, 5.74) is 0.508. The quantitative estimate of drug-likeness (QED) is 0.764. The molecule has 16 heavy (non-hydrogen) atoms. The number of ether oxygens (including phenoxy) is 1. The molecule has 0 aliphatic rings. The molecule has 0 N–H and O–H groups in total. The summed E-state index contributed by atoms with van der Waals surface area (Å²) in [6.07, 6.45) is 0. The number of hydrogen-bond acceptors (Lipinski definition) is 2. The van der Waals surface area contributed by atoms with Crippen molar-refractivity contribution in [3.63, 3.8) is 0 Å². The van der Waals surface area contributed by atoms with Gasteiger partial charge in [0.25, 0.3) is 0 Å². The van der Waals surface area contributed by atoms with Crippen LogP contribution in [0.2, 0.25) is 0 Å². The lowest BCUT2D eigenvalue weighted by Crippen LogP contribution is -1.85. The van der Waals surface area contributed by atoms with Gasteiger partial charge in [-0.1, -0.05) is 12.1 Å². The molecule has 0 aliphatic carbocycles. The third-order valence-electron chi connectivity index (χ3n) is 1.99. The number of nitrogens with zero attached hydrogens (tertiary/aromatic N) is 1. The molecule has 0 bridgehead atoms. The molecule has 0 heterocycles. The van der Waals surface area contributed by atoms with Crippen molar-refractivity contribution in [3.8, 4) is 17.6 Å². The van der Waals surface area contributed by atoms with Crippen LogP contribution in [0.1, 0.15) is 5.56 Å². The standard InChI is InChI=1S/C13H8FNO/c14-11-4-2-6-13(8-11)16-12-5-1-3-10(7-12)9-15/h1-8H. The fourth-order valence-corrected chi connectivity index (χ4v) is 1.30. The molecular formula is C13H8FNO. The second-order valence-corrected chi connectivity index (χ2v) is 3.20. The maximum atomic E-state index is 12.9. The molecule has 0 aliphatic heterocycles. The zero-order valence-corrected chi connectivity index (χ0v) is 8.35. The van der Waals surface area contributed by atoms with Gasteiger partial charge in [0.05, 0.1) is 11.6 Å². The summed E-state index contributed by atoms with van der Waals surface area (Å²) in [4.78, 5) is 0. The third-order valence-corrected chi connectivity index (χ3v) is 1.99. The molecule has 0 unspecified atom stereocenters. The van der Waals surface area contributed by atoms with Gasteiger partial charge in [-0.15, -0.1) is 0 Å². The molecule has 78 valence electrons. The van der Waals surface area contributed by atoms with Crippen LogP contribution in [-0.4, -0.2) is 0 Å². The lowest BCUT2D eigenvalue weighted by molar-refractivity contribution is 0.476. The molecule has 2 aromatic rings. The largest absolute Gasteiger partial charge is 0.457 e. The van der Waals surface area contributed by atoms with Crippen LogP contribution in [0.25, 0.3) is 0 Å². The molecule has 2 nitrogen and oxygen atoms in total. The fourth-order valence-electron chi connectivity index (χ4n) is 1.30. The van der Waals surface area contributed by atoms with Gasteiger partial charge < -0.3 is 4.74 Å². The van der Waals surface area contributed by atoms with E-state index in [2.05, 4.69) is 0 Å². The number of nitriles is 1. The third kappa shape index (κ3) is 2.37. The van der Waals surface area contributed by atoms with Gasteiger partial charge in [0, 0.05) is 6.07 Å². The van der Waals surface area contributed by atoms with Crippen LogP contribution in [-0.2, 0) is 0 Å². The van der Waals surface area contributed by atoms with Gasteiger partial charge in [-0.2, -0.15) is 5.26 Å². The Balaban J connectivity index is 2.24. The Bertz CT molecular complexity index is 546. The Morgan fingerprint density at radius 3 is 2.38 bits per heavy atom. The van der Waals surface area contributed by atoms with Crippen molar-refractivity contribution in [2.45, 2.75) is 0 Å². The zero-order chi connectivity index (χ0) is 11.4. The summed E-state index contributed by atoms with van der Waals surface area (Å²) < 4.78 is 18.3. The van der Waals surface area contributed by atoms with Crippen molar-refractivity contribution in [2.75, 3.05) is 0 Å². The molecule has 0 radical (unpaired) electrons. The fraction of sp³-hybridized carbons (Fsp3) is 0. The van der Waals surface area contributed by atoms with E-state index in [0.29, 0.717) is 17.1 Å². The van der Waals surface area contributed by atoms with E-state index in [1.807, 2.05) is 6.07 Å². The van der Waals surface area contributed by atoms with E-state index in [1.165, 1.54) is 12.1 Å². The SMILES string of the molecule is N#Cc1cccc(Oc2cccc(F)c2)c1. The number of halogens is 1. The van der Waals surface area contributed by atoms with Gasteiger partial charge in [0.2, 0.25) is 0 Å². The van der Waals surface area contributed by atoms with Crippen LogP contribution in [0.15, 0.2) is 48.5 Å². The lowest BCUT2D eigenvalue weighted by atomic mass is 10.2. The summed E-state index contributed by atoms with van der Waals surface area (Å²) in [5, 5.41) is 8.71. The van der Waals surface area contributed by atoms with Crippen molar-refractivity contribution in [3.05, 3.63) is 59.9 Å². The molecule has 0 saturated heterocycles. The summed E-state index contributed by atoms with van der Waals surface area (Å²) in [6.45, 7) is 0. The van der Waals surface area contributed by atoms with Gasteiger partial charge in [0.1, 0.15) is 17.3 Å². The van der Waals surface area contributed by atoms with E-state index >= 15 is 0 Å². The monoisotopic (exact) mass is 213 g/mol. The van der Waals surface area contributed by atoms with E-state index in [4.69, 9.17) is 10.00 Å². The Labute approximate surface area is 92.5 Å². The normalized spacial score (nSPS) is 9.50. The van der Waals surface area contributed by atoms with Crippen molar-refractivity contribution < 1.29 is 9.13 Å². The highest BCUT2D eigenvalue weighted by molar-refractivity contribution is 5.38. The van der Waals surface area contributed by atoms with E-state index in [9.17, 15) is 4.39 Å². The highest BCUT2D eigenvalue weighted by Crippen LogP contribution is 2.22. The van der Waals surface area contributed by atoms with Gasteiger partial charge in [-0.3, -0.25) is 0 Å². The minimum Gasteiger partial charge on any atom is -0.457 e. The van der Waals surface area contributed by atoms with Crippen LogP contribution in [0.3, 0.4) is 0 Å². The molecular weight excluding hydrogens is 205 g/mol. The predicted octanol–water partition coefficient (Wildman–Crippen LogP) is 3.49. The molecule has 0 saturated carbocycles. The Morgan fingerprint density at radius 2 is 1.69 bits per heavy atom. The van der Waals surface area contributed by atoms with Gasteiger partial charge in [0.15, 0.2) is 0 Å². The summed E-state index contributed by atoms with van der Waals surface area (Å²) in [7, 11) is 0. The number of rotatable bonds is 2. The first-order valence-electron chi connectivity index (χ1n) is 4.71. The van der Waals surface area contributed by atoms with Crippen LogP contribution in [0.4, 0.5) is 4.39 Å². The Morgan fingerprint density at radius 1 is 1.00 bits per heavy atom. The highest BCUT2D eigenvalue weighted by atomic mass is 19.1. The summed E-state index contributed by atoms with van der Waals surface area (Å²) >= 11 is 0. The van der Waals surface area contributed by atoms with E-state index < -0.39 is 0 Å². The minimum absolute atomic E-state index is 0.353. The predicted molar refractivity (Wildman–Crippen MR) is 57.6 cm³/mol. The number of benzene rings is 2. The average Bonchev–Trinajstić information content (AvgIpc) is 2.29. The van der Waals surface area contributed by atoms with Gasteiger partial charge >= 0.3 is 0 Å². The van der Waals surface area contributed by atoms with Crippen molar-refractivity contribution in [1.29, 1.82) is 5.26 Å². The maximum absolute atomic E-state index is 12.9. The van der Waals surface area contributed by atoms with Crippen molar-refractivity contribution >= 4 is 0 Å². The molecule has 2 aromatic carbocycles. The van der Waals surface area contributed by atoms with E-state index in [1.54, 1.807) is 36.4 Å². The summed E-state index contributed by atoms with van der Waals surface area (Å²) in [6, 6.07) is 14.6. The van der Waals surface area contributed by atoms with E-state index in [0.717, 1.165) is 0 Å². The first-order chi connectivity index (χ1) is 7.78. The van der Waals surface area contributed by atoms with Crippen LogP contribution < -0.4 is 4.74 Å². The van der Waals surface area contributed by atoms with Gasteiger partial charge in [-0.05, 0) is 30.3 Å². The highest BCUT2D eigenvalue weighted by Gasteiger charge is 1.99. The topological polar surface area (TPSA) is 33.0 Å². The second-order valence-electron chi connectivity index (χ2n) is 3.20. The molecule has 2 rings (SSSR count). The zero-order valence-electron chi connectivity index (χ0n) is 8.35. The molecule has 3 heteroatoms. The van der Waals surface area contributed by atoms with Crippen LogP contribution in [0, 0.1) is 17.1 Å². The molecule has 0 amide bonds. The average molecular weight is 213 g/mol. The lowest BCUT2D eigenvalue weighted by Gasteiger charge is -2.05. The molecule has 0 fully saturated rings. The van der Waals surface area contributed by atoms with E-state index in [-0.39, 0.29) is 5.82 Å². The smallest absolute Gasteiger partial charge is 0.130 e. The van der Waals surface area contributed by atoms with Gasteiger partial charge in [-0.25, -0.2) is 4.39 Å². The Hall–Kier alpha value is -2.34. The summed E-state index contributed by atoms with van der Waals surface area (Å²) in [5.74, 6) is 0.577. The first kappa shape index (κ1) is 10.2. The first-order valence-corrected chi connectivity index (χ1v) is 4.71. The van der Waals surface area contributed by atoms with Crippen LogP contribution >= 0.6 is 0 Å². The van der Waals surface area contributed by atoms with Crippen molar-refractivity contribution in [2.24, 2.45) is 0 Å². The molecule has 0 spiro atoms. The second kappa shape index (κ2) is 4.45. The molecule has 0 atom stereocenters. The number of hydrogen-bond donors (Lipinski definition) is 0. The maximum Gasteiger partial charge on any atom is 0.130 e. The van der Waals surface area contributed by atoms with Crippen molar-refractivity contribution in [1.82, 2.24) is 0 Å². The minimum atomic E-state index is -0.353.